The fourth-order valence-corrected chi connectivity index (χ4v) is 2.72. The molecule has 0 bridgehead atoms. The Morgan fingerprint density at radius 1 is 1.45 bits per heavy atom. The predicted molar refractivity (Wildman–Crippen MR) is 83.1 cm³/mol. The third kappa shape index (κ3) is 4.12. The van der Waals surface area contributed by atoms with Crippen molar-refractivity contribution in [1.82, 2.24) is 5.32 Å². The van der Waals surface area contributed by atoms with Crippen LogP contribution in [0.2, 0.25) is 5.02 Å². The van der Waals surface area contributed by atoms with Crippen LogP contribution in [-0.2, 0) is 6.42 Å². The minimum atomic E-state index is -0.111. The molecule has 1 N–H and O–H groups in total. The summed E-state index contributed by atoms with van der Waals surface area (Å²) in [6.45, 7) is 1.98. The Morgan fingerprint density at radius 2 is 2.25 bits per heavy atom. The monoisotopic (exact) mass is 355 g/mol. The van der Waals surface area contributed by atoms with E-state index >= 15 is 0 Å². The fraction of sp³-hybridized carbons (Fsp3) is 0.267. The smallest absolute Gasteiger partial charge is 0.252 e. The van der Waals surface area contributed by atoms with Crippen LogP contribution in [-0.4, -0.2) is 11.9 Å². The van der Waals surface area contributed by atoms with Crippen molar-refractivity contribution in [1.29, 1.82) is 0 Å². The first kappa shape index (κ1) is 15.1. The molecule has 3 nitrogen and oxygen atoms in total. The summed E-state index contributed by atoms with van der Waals surface area (Å²) in [4.78, 5) is 12.1. The lowest BCUT2D eigenvalue weighted by Crippen LogP contribution is -2.33. The van der Waals surface area contributed by atoms with E-state index in [-0.39, 0.29) is 11.9 Å². The largest absolute Gasteiger partial charge is 0.469 e. The van der Waals surface area contributed by atoms with E-state index in [2.05, 4.69) is 21.2 Å². The molecule has 106 valence electrons. The van der Waals surface area contributed by atoms with E-state index in [1.165, 1.54) is 0 Å². The third-order valence-corrected chi connectivity index (χ3v) is 3.85. The van der Waals surface area contributed by atoms with Crippen molar-refractivity contribution >= 4 is 33.4 Å². The van der Waals surface area contributed by atoms with Crippen LogP contribution < -0.4 is 5.32 Å². The van der Waals surface area contributed by atoms with Crippen LogP contribution in [0.25, 0.3) is 0 Å². The second-order valence-electron chi connectivity index (χ2n) is 4.62. The summed E-state index contributed by atoms with van der Waals surface area (Å²) >= 11 is 9.21. The summed E-state index contributed by atoms with van der Waals surface area (Å²) in [5, 5.41) is 3.56. The Kier molecular flexibility index (Phi) is 5.26. The maximum absolute atomic E-state index is 12.1. The number of hydrogen-bond donors (Lipinski definition) is 1. The normalized spacial score (nSPS) is 12.2. The number of hydrogen-bond acceptors (Lipinski definition) is 2. The average molecular weight is 357 g/mol. The van der Waals surface area contributed by atoms with Crippen LogP contribution >= 0.6 is 27.5 Å². The van der Waals surface area contributed by atoms with Crippen LogP contribution in [0.1, 0.15) is 29.5 Å². The molecule has 0 aliphatic rings. The molecule has 0 radical (unpaired) electrons. The lowest BCUT2D eigenvalue weighted by atomic mass is 10.1. The predicted octanol–water partition coefficient (Wildman–Crippen LogP) is 4.45. The standard InChI is InChI=1S/C15H15BrClNO2/c1-10(4-6-12-3-2-8-20-12)18-15(19)13-7-5-11(17)9-14(13)16/h2-3,5,7-10H,4,6H2,1H3,(H,18,19). The van der Waals surface area contributed by atoms with Gasteiger partial charge in [-0.15, -0.1) is 0 Å². The lowest BCUT2D eigenvalue weighted by Gasteiger charge is -2.14. The maximum atomic E-state index is 12.1. The molecule has 0 aliphatic carbocycles. The van der Waals surface area contributed by atoms with Gasteiger partial charge in [0.2, 0.25) is 0 Å². The Labute approximate surface area is 131 Å². The zero-order chi connectivity index (χ0) is 14.5. The summed E-state index contributed by atoms with van der Waals surface area (Å²) in [6.07, 6.45) is 3.28. The van der Waals surface area contributed by atoms with Crippen LogP contribution in [0, 0.1) is 0 Å². The first-order valence-corrected chi connectivity index (χ1v) is 7.51. The molecule has 0 spiro atoms. The summed E-state index contributed by atoms with van der Waals surface area (Å²) in [5.41, 5.74) is 0.583. The number of carbonyl (C=O) groups is 1. The second-order valence-corrected chi connectivity index (χ2v) is 5.91. The zero-order valence-electron chi connectivity index (χ0n) is 11.0. The average Bonchev–Trinajstić information content (AvgIpc) is 2.89. The molecule has 1 heterocycles. The molecule has 1 amide bonds. The molecule has 2 aromatic rings. The Hall–Kier alpha value is -1.26. The number of benzene rings is 1. The molecule has 2 rings (SSSR count). The highest BCUT2D eigenvalue weighted by atomic mass is 79.9. The number of furan rings is 1. The minimum absolute atomic E-state index is 0.0650. The fourth-order valence-electron chi connectivity index (χ4n) is 1.86. The van der Waals surface area contributed by atoms with Crippen molar-refractivity contribution in [2.24, 2.45) is 0 Å². The van der Waals surface area contributed by atoms with E-state index in [9.17, 15) is 4.79 Å². The van der Waals surface area contributed by atoms with Gasteiger partial charge in [0.25, 0.3) is 5.91 Å². The van der Waals surface area contributed by atoms with Gasteiger partial charge in [-0.3, -0.25) is 4.79 Å². The van der Waals surface area contributed by atoms with E-state index in [1.807, 2.05) is 19.1 Å². The van der Waals surface area contributed by atoms with Crippen LogP contribution in [0.5, 0.6) is 0 Å². The highest BCUT2D eigenvalue weighted by molar-refractivity contribution is 9.10. The van der Waals surface area contributed by atoms with Gasteiger partial charge in [-0.1, -0.05) is 11.6 Å². The molecule has 5 heteroatoms. The summed E-state index contributed by atoms with van der Waals surface area (Å²) in [5.74, 6) is 0.819. The molecule has 0 fully saturated rings. The van der Waals surface area contributed by atoms with Crippen LogP contribution in [0.15, 0.2) is 45.5 Å². The second kappa shape index (κ2) is 6.95. The maximum Gasteiger partial charge on any atom is 0.252 e. The minimum Gasteiger partial charge on any atom is -0.469 e. The molecule has 1 aromatic heterocycles. The molecule has 20 heavy (non-hydrogen) atoms. The van der Waals surface area contributed by atoms with E-state index in [0.29, 0.717) is 15.1 Å². The van der Waals surface area contributed by atoms with Crippen molar-refractivity contribution < 1.29 is 9.21 Å². The van der Waals surface area contributed by atoms with Crippen LogP contribution in [0.3, 0.4) is 0 Å². The third-order valence-electron chi connectivity index (χ3n) is 2.96. The Bertz CT molecular complexity index is 584. The Balaban J connectivity index is 1.90. The van der Waals surface area contributed by atoms with Crippen LogP contribution in [0.4, 0.5) is 0 Å². The Morgan fingerprint density at radius 3 is 2.90 bits per heavy atom. The van der Waals surface area contributed by atoms with E-state index < -0.39 is 0 Å². The first-order valence-electron chi connectivity index (χ1n) is 6.34. The first-order chi connectivity index (χ1) is 9.56. The highest BCUT2D eigenvalue weighted by Gasteiger charge is 2.13. The van der Waals surface area contributed by atoms with Gasteiger partial charge in [-0.05, 0) is 59.6 Å². The van der Waals surface area contributed by atoms with Crippen molar-refractivity contribution in [3.8, 4) is 0 Å². The summed E-state index contributed by atoms with van der Waals surface area (Å²) in [6, 6.07) is 8.99. The van der Waals surface area contributed by atoms with Gasteiger partial charge < -0.3 is 9.73 Å². The molecule has 0 saturated heterocycles. The van der Waals surface area contributed by atoms with Gasteiger partial charge in [-0.2, -0.15) is 0 Å². The van der Waals surface area contributed by atoms with Crippen molar-refractivity contribution in [2.45, 2.75) is 25.8 Å². The number of carbonyl (C=O) groups excluding carboxylic acids is 1. The summed E-state index contributed by atoms with van der Waals surface area (Å²) < 4.78 is 5.97. The van der Waals surface area contributed by atoms with Gasteiger partial charge in [0.15, 0.2) is 0 Å². The van der Waals surface area contributed by atoms with E-state index in [1.54, 1.807) is 24.5 Å². The summed E-state index contributed by atoms with van der Waals surface area (Å²) in [7, 11) is 0. The topological polar surface area (TPSA) is 42.2 Å². The van der Waals surface area contributed by atoms with Crippen molar-refractivity contribution in [2.75, 3.05) is 0 Å². The molecule has 0 aliphatic heterocycles. The number of nitrogens with one attached hydrogen (secondary N) is 1. The van der Waals surface area contributed by atoms with Gasteiger partial charge in [-0.25, -0.2) is 0 Å². The quantitative estimate of drug-likeness (QED) is 0.860. The van der Waals surface area contributed by atoms with Gasteiger partial charge in [0.05, 0.1) is 11.8 Å². The number of rotatable bonds is 5. The van der Waals surface area contributed by atoms with Gasteiger partial charge in [0.1, 0.15) is 5.76 Å². The molecule has 1 aromatic carbocycles. The molecule has 1 unspecified atom stereocenters. The molecular weight excluding hydrogens is 342 g/mol. The lowest BCUT2D eigenvalue weighted by molar-refractivity contribution is 0.0937. The number of amides is 1. The van der Waals surface area contributed by atoms with Gasteiger partial charge >= 0.3 is 0 Å². The van der Waals surface area contributed by atoms with E-state index in [4.69, 9.17) is 16.0 Å². The zero-order valence-corrected chi connectivity index (χ0v) is 13.4. The molecular formula is C15H15BrClNO2. The SMILES string of the molecule is CC(CCc1ccco1)NC(=O)c1ccc(Cl)cc1Br. The van der Waals surface area contributed by atoms with Gasteiger partial charge in [0, 0.05) is 22.0 Å². The number of halogens is 2. The van der Waals surface area contributed by atoms with E-state index in [0.717, 1.165) is 18.6 Å². The van der Waals surface area contributed by atoms with Crippen molar-refractivity contribution in [3.63, 3.8) is 0 Å². The molecule has 1 atom stereocenters. The number of aryl methyl sites for hydroxylation is 1. The van der Waals surface area contributed by atoms with Crippen molar-refractivity contribution in [3.05, 3.63) is 57.4 Å². The highest BCUT2D eigenvalue weighted by Crippen LogP contribution is 2.21. The molecule has 0 saturated carbocycles.